The van der Waals surface area contributed by atoms with Crippen molar-refractivity contribution in [1.29, 1.82) is 0 Å². The van der Waals surface area contributed by atoms with E-state index in [0.29, 0.717) is 24.4 Å². The van der Waals surface area contributed by atoms with Gasteiger partial charge in [0.05, 0.1) is 6.42 Å². The average molecular weight is 358 g/mol. The van der Waals surface area contributed by atoms with Gasteiger partial charge in [0.15, 0.2) is 6.61 Å². The summed E-state index contributed by atoms with van der Waals surface area (Å²) in [5.41, 5.74) is 2.63. The van der Waals surface area contributed by atoms with Crippen LogP contribution in [0.5, 0.6) is 5.75 Å². The Morgan fingerprint density at radius 2 is 1.73 bits per heavy atom. The van der Waals surface area contributed by atoms with Crippen molar-refractivity contribution < 1.29 is 18.7 Å². The fourth-order valence-electron chi connectivity index (χ4n) is 2.36. The first-order chi connectivity index (χ1) is 12.4. The summed E-state index contributed by atoms with van der Waals surface area (Å²) in [6, 6.07) is 11.7. The molecule has 6 heteroatoms. The van der Waals surface area contributed by atoms with E-state index in [0.717, 1.165) is 11.1 Å². The zero-order valence-corrected chi connectivity index (χ0v) is 15.0. The van der Waals surface area contributed by atoms with Crippen LogP contribution >= 0.6 is 0 Å². The Labute approximate surface area is 152 Å². The normalized spacial score (nSPS) is 10.3. The monoisotopic (exact) mass is 358 g/mol. The number of ether oxygens (including phenoxy) is 1. The maximum Gasteiger partial charge on any atom is 0.258 e. The number of nitrogens with one attached hydrogen (secondary N) is 2. The Kier molecular flexibility index (Phi) is 7.14. The van der Waals surface area contributed by atoms with E-state index in [-0.39, 0.29) is 30.7 Å². The molecule has 0 radical (unpaired) electrons. The van der Waals surface area contributed by atoms with Gasteiger partial charge in [-0.1, -0.05) is 24.3 Å². The van der Waals surface area contributed by atoms with Gasteiger partial charge < -0.3 is 15.4 Å². The Balaban J connectivity index is 1.63. The first kappa shape index (κ1) is 19.4. The molecule has 2 rings (SSSR count). The van der Waals surface area contributed by atoms with Crippen molar-refractivity contribution in [1.82, 2.24) is 10.6 Å². The first-order valence-corrected chi connectivity index (χ1v) is 8.42. The topological polar surface area (TPSA) is 67.4 Å². The van der Waals surface area contributed by atoms with Crippen LogP contribution in [0, 0.1) is 19.7 Å². The zero-order chi connectivity index (χ0) is 18.9. The van der Waals surface area contributed by atoms with Crippen LogP contribution in [0.2, 0.25) is 0 Å². The lowest BCUT2D eigenvalue weighted by atomic mass is 10.1. The molecular weight excluding hydrogens is 335 g/mol. The Morgan fingerprint density at radius 1 is 1.00 bits per heavy atom. The predicted molar refractivity (Wildman–Crippen MR) is 97.5 cm³/mol. The average Bonchev–Trinajstić information content (AvgIpc) is 2.59. The van der Waals surface area contributed by atoms with Gasteiger partial charge >= 0.3 is 0 Å². The SMILES string of the molecule is Cc1ccc(C)c(OCC(=O)NCCNC(=O)Cc2cccc(F)c2)c1. The number of rotatable bonds is 8. The van der Waals surface area contributed by atoms with E-state index < -0.39 is 0 Å². The molecule has 138 valence electrons. The maximum absolute atomic E-state index is 13.1. The van der Waals surface area contributed by atoms with Gasteiger partial charge in [-0.2, -0.15) is 0 Å². The Hall–Kier alpha value is -2.89. The van der Waals surface area contributed by atoms with Gasteiger partial charge in [-0.15, -0.1) is 0 Å². The molecule has 2 N–H and O–H groups in total. The fourth-order valence-corrected chi connectivity index (χ4v) is 2.36. The molecule has 0 saturated carbocycles. The molecule has 0 heterocycles. The van der Waals surface area contributed by atoms with E-state index in [1.807, 2.05) is 32.0 Å². The minimum absolute atomic E-state index is 0.0818. The molecular formula is C20H23FN2O3. The predicted octanol–water partition coefficient (Wildman–Crippen LogP) is 2.30. The number of amides is 2. The van der Waals surface area contributed by atoms with Gasteiger partial charge in [-0.05, 0) is 48.7 Å². The van der Waals surface area contributed by atoms with Crippen molar-refractivity contribution in [3.05, 3.63) is 65.0 Å². The molecule has 0 aliphatic heterocycles. The van der Waals surface area contributed by atoms with Crippen LogP contribution in [0.15, 0.2) is 42.5 Å². The fraction of sp³-hybridized carbons (Fsp3) is 0.300. The van der Waals surface area contributed by atoms with E-state index in [1.54, 1.807) is 12.1 Å². The second kappa shape index (κ2) is 9.56. The molecule has 0 bridgehead atoms. The number of carbonyl (C=O) groups is 2. The standard InChI is InChI=1S/C20H23FN2O3/c1-14-6-7-15(2)18(10-14)26-13-20(25)23-9-8-22-19(24)12-16-4-3-5-17(21)11-16/h3-7,10-11H,8-9,12-13H2,1-2H3,(H,22,24)(H,23,25). The molecule has 0 saturated heterocycles. The highest BCUT2D eigenvalue weighted by molar-refractivity contribution is 5.79. The molecule has 2 amide bonds. The molecule has 2 aromatic carbocycles. The second-order valence-electron chi connectivity index (χ2n) is 6.06. The highest BCUT2D eigenvalue weighted by atomic mass is 19.1. The number of hydrogen-bond acceptors (Lipinski definition) is 3. The summed E-state index contributed by atoms with van der Waals surface area (Å²) in [6.07, 6.45) is 0.0987. The largest absolute Gasteiger partial charge is 0.483 e. The molecule has 2 aromatic rings. The van der Waals surface area contributed by atoms with Crippen LogP contribution in [-0.2, 0) is 16.0 Å². The smallest absolute Gasteiger partial charge is 0.258 e. The number of carbonyl (C=O) groups excluding carboxylic acids is 2. The molecule has 0 atom stereocenters. The van der Waals surface area contributed by atoms with Gasteiger partial charge in [0.1, 0.15) is 11.6 Å². The van der Waals surface area contributed by atoms with Gasteiger partial charge in [0, 0.05) is 13.1 Å². The third-order valence-electron chi connectivity index (χ3n) is 3.73. The minimum atomic E-state index is -0.369. The molecule has 0 spiro atoms. The molecule has 0 unspecified atom stereocenters. The third kappa shape index (κ3) is 6.55. The number of aryl methyl sites for hydroxylation is 2. The van der Waals surface area contributed by atoms with Crippen molar-refractivity contribution in [2.75, 3.05) is 19.7 Å². The highest BCUT2D eigenvalue weighted by Gasteiger charge is 2.06. The Morgan fingerprint density at radius 3 is 2.46 bits per heavy atom. The minimum Gasteiger partial charge on any atom is -0.483 e. The van der Waals surface area contributed by atoms with Crippen LogP contribution in [0.3, 0.4) is 0 Å². The van der Waals surface area contributed by atoms with Crippen molar-refractivity contribution in [3.8, 4) is 5.75 Å². The molecule has 5 nitrogen and oxygen atoms in total. The molecule has 0 aliphatic rings. The summed E-state index contributed by atoms with van der Waals surface area (Å²) in [5, 5.41) is 5.36. The summed E-state index contributed by atoms with van der Waals surface area (Å²) in [5.74, 6) is -0.170. The second-order valence-corrected chi connectivity index (χ2v) is 6.06. The van der Waals surface area contributed by atoms with Crippen molar-refractivity contribution >= 4 is 11.8 Å². The van der Waals surface area contributed by atoms with E-state index in [1.165, 1.54) is 12.1 Å². The van der Waals surface area contributed by atoms with Crippen molar-refractivity contribution in [3.63, 3.8) is 0 Å². The summed E-state index contributed by atoms with van der Waals surface area (Å²) < 4.78 is 18.6. The Bertz CT molecular complexity index is 777. The van der Waals surface area contributed by atoms with E-state index >= 15 is 0 Å². The molecule has 0 fully saturated rings. The number of benzene rings is 2. The lowest BCUT2D eigenvalue weighted by molar-refractivity contribution is -0.124. The molecule has 26 heavy (non-hydrogen) atoms. The summed E-state index contributed by atoms with van der Waals surface area (Å²) >= 11 is 0. The maximum atomic E-state index is 13.1. The molecule has 0 aliphatic carbocycles. The zero-order valence-electron chi connectivity index (χ0n) is 15.0. The third-order valence-corrected chi connectivity index (χ3v) is 3.73. The van der Waals surface area contributed by atoms with Crippen LogP contribution in [0.25, 0.3) is 0 Å². The quantitative estimate of drug-likeness (QED) is 0.712. The van der Waals surface area contributed by atoms with Crippen LogP contribution < -0.4 is 15.4 Å². The molecule has 0 aromatic heterocycles. The van der Waals surface area contributed by atoms with Gasteiger partial charge in [0.2, 0.25) is 5.91 Å². The van der Waals surface area contributed by atoms with Crippen LogP contribution in [0.4, 0.5) is 4.39 Å². The number of halogens is 1. The summed E-state index contributed by atoms with van der Waals surface area (Å²) in [4.78, 5) is 23.6. The van der Waals surface area contributed by atoms with E-state index in [2.05, 4.69) is 10.6 Å². The van der Waals surface area contributed by atoms with Gasteiger partial charge in [-0.25, -0.2) is 4.39 Å². The van der Waals surface area contributed by atoms with E-state index in [9.17, 15) is 14.0 Å². The summed E-state index contributed by atoms with van der Waals surface area (Å²) in [7, 11) is 0. The van der Waals surface area contributed by atoms with Gasteiger partial charge in [0.25, 0.3) is 5.91 Å². The lowest BCUT2D eigenvalue weighted by Crippen LogP contribution is -2.37. The summed E-state index contributed by atoms with van der Waals surface area (Å²) in [6.45, 7) is 4.38. The highest BCUT2D eigenvalue weighted by Crippen LogP contribution is 2.18. The van der Waals surface area contributed by atoms with Crippen LogP contribution in [0.1, 0.15) is 16.7 Å². The van der Waals surface area contributed by atoms with E-state index in [4.69, 9.17) is 4.74 Å². The van der Waals surface area contributed by atoms with Crippen molar-refractivity contribution in [2.24, 2.45) is 0 Å². The first-order valence-electron chi connectivity index (χ1n) is 8.42. The van der Waals surface area contributed by atoms with Gasteiger partial charge in [-0.3, -0.25) is 9.59 Å². The van der Waals surface area contributed by atoms with Crippen molar-refractivity contribution in [2.45, 2.75) is 20.3 Å². The van der Waals surface area contributed by atoms with Crippen LogP contribution in [-0.4, -0.2) is 31.5 Å². The number of hydrogen-bond donors (Lipinski definition) is 2. The lowest BCUT2D eigenvalue weighted by Gasteiger charge is -2.11.